The molecule has 0 unspecified atom stereocenters. The van der Waals surface area contributed by atoms with Crippen molar-refractivity contribution in [2.45, 2.75) is 6.92 Å². The van der Waals surface area contributed by atoms with E-state index in [2.05, 4.69) is 11.1 Å². The van der Waals surface area contributed by atoms with Crippen LogP contribution in [0.3, 0.4) is 0 Å². The van der Waals surface area contributed by atoms with Crippen molar-refractivity contribution in [2.24, 2.45) is 0 Å². The minimum atomic E-state index is 0.616. The minimum Gasteiger partial charge on any atom is -0.253 e. The van der Waals surface area contributed by atoms with Gasteiger partial charge in [-0.25, -0.2) is 0 Å². The Labute approximate surface area is 88.4 Å². The summed E-state index contributed by atoms with van der Waals surface area (Å²) < 4.78 is 0. The molecule has 1 radical (unpaired) electrons. The Morgan fingerprint density at radius 3 is 2.79 bits per heavy atom. The van der Waals surface area contributed by atoms with Gasteiger partial charge in [-0.15, -0.1) is 0 Å². The molecule has 0 aliphatic carbocycles. The number of halogens is 1. The molecule has 1 aromatic heterocycles. The molecule has 0 N–H and O–H groups in total. The number of aromatic nitrogens is 1. The smallest absolute Gasteiger partial charge is 0.0720 e. The molecular weight excluding hydrogens is 194 g/mol. The Morgan fingerprint density at radius 1 is 1.21 bits per heavy atom. The highest BCUT2D eigenvalue weighted by Gasteiger charge is 2.03. The normalized spacial score (nSPS) is 10.1. The molecule has 0 atom stereocenters. The summed E-state index contributed by atoms with van der Waals surface area (Å²) in [6.07, 6.45) is 0. The number of benzene rings is 1. The monoisotopic (exact) mass is 202 g/mol. The lowest BCUT2D eigenvalue weighted by molar-refractivity contribution is 1.20. The van der Waals surface area contributed by atoms with Crippen LogP contribution in [-0.2, 0) is 0 Å². The molecule has 0 saturated carbocycles. The standard InChI is InChI=1S/C12H9ClN/c1-9-5-4-8-12(14-9)10-6-2-3-7-11(10)13/h2-6,8H,1H3. The highest BCUT2D eigenvalue weighted by Crippen LogP contribution is 2.25. The molecule has 2 rings (SSSR count). The molecule has 0 bridgehead atoms. The van der Waals surface area contributed by atoms with E-state index in [1.807, 2.05) is 37.3 Å². The number of hydrogen-bond donors (Lipinski definition) is 0. The van der Waals surface area contributed by atoms with Gasteiger partial charge in [-0.1, -0.05) is 35.9 Å². The zero-order valence-electron chi connectivity index (χ0n) is 7.79. The summed E-state index contributed by atoms with van der Waals surface area (Å²) in [7, 11) is 0. The van der Waals surface area contributed by atoms with Crippen LogP contribution in [0.15, 0.2) is 36.4 Å². The summed E-state index contributed by atoms with van der Waals surface area (Å²) in [5.41, 5.74) is 2.81. The van der Waals surface area contributed by atoms with Crippen LogP contribution in [0.1, 0.15) is 5.69 Å². The first-order chi connectivity index (χ1) is 6.77. The predicted molar refractivity (Wildman–Crippen MR) is 58.3 cm³/mol. The molecule has 0 spiro atoms. The van der Waals surface area contributed by atoms with Crippen molar-refractivity contribution in [2.75, 3.05) is 0 Å². The fourth-order valence-electron chi connectivity index (χ4n) is 1.31. The zero-order valence-corrected chi connectivity index (χ0v) is 8.55. The second-order valence-electron chi connectivity index (χ2n) is 3.06. The first-order valence-electron chi connectivity index (χ1n) is 4.37. The molecule has 0 amide bonds. The van der Waals surface area contributed by atoms with E-state index in [-0.39, 0.29) is 0 Å². The van der Waals surface area contributed by atoms with Crippen LogP contribution in [0, 0.1) is 13.0 Å². The van der Waals surface area contributed by atoms with E-state index in [1.54, 1.807) is 6.07 Å². The molecule has 1 heterocycles. The van der Waals surface area contributed by atoms with Gasteiger partial charge in [-0.3, -0.25) is 4.98 Å². The lowest BCUT2D eigenvalue weighted by Gasteiger charge is -2.03. The second-order valence-corrected chi connectivity index (χ2v) is 3.44. The number of nitrogens with zero attached hydrogens (tertiary/aromatic N) is 1. The Morgan fingerprint density at radius 2 is 2.07 bits per heavy atom. The highest BCUT2D eigenvalue weighted by molar-refractivity contribution is 6.33. The van der Waals surface area contributed by atoms with E-state index in [4.69, 9.17) is 11.6 Å². The number of rotatable bonds is 1. The summed E-state index contributed by atoms with van der Waals surface area (Å²) in [4.78, 5) is 4.40. The van der Waals surface area contributed by atoms with Crippen LogP contribution in [0.5, 0.6) is 0 Å². The van der Waals surface area contributed by atoms with Gasteiger partial charge in [0.1, 0.15) is 0 Å². The van der Waals surface area contributed by atoms with E-state index >= 15 is 0 Å². The average molecular weight is 203 g/mol. The van der Waals surface area contributed by atoms with Gasteiger partial charge < -0.3 is 0 Å². The Balaban J connectivity index is 2.55. The largest absolute Gasteiger partial charge is 0.253 e. The Bertz CT molecular complexity index is 452. The maximum absolute atomic E-state index is 6.02. The van der Waals surface area contributed by atoms with Crippen molar-refractivity contribution in [3.63, 3.8) is 0 Å². The van der Waals surface area contributed by atoms with E-state index in [1.165, 1.54) is 0 Å². The fraction of sp³-hybridized carbons (Fsp3) is 0.0833. The quantitative estimate of drug-likeness (QED) is 0.690. The average Bonchev–Trinajstić information content (AvgIpc) is 2.18. The van der Waals surface area contributed by atoms with Crippen molar-refractivity contribution in [1.29, 1.82) is 0 Å². The van der Waals surface area contributed by atoms with Gasteiger partial charge in [0.25, 0.3) is 0 Å². The van der Waals surface area contributed by atoms with E-state index in [9.17, 15) is 0 Å². The van der Waals surface area contributed by atoms with Crippen LogP contribution in [0.4, 0.5) is 0 Å². The first kappa shape index (κ1) is 9.22. The van der Waals surface area contributed by atoms with Crippen LogP contribution in [-0.4, -0.2) is 4.98 Å². The number of hydrogen-bond acceptors (Lipinski definition) is 1. The minimum absolute atomic E-state index is 0.616. The van der Waals surface area contributed by atoms with Crippen LogP contribution in [0.2, 0.25) is 5.02 Å². The molecule has 0 aliphatic rings. The Hall–Kier alpha value is -1.34. The van der Waals surface area contributed by atoms with E-state index in [0.29, 0.717) is 5.02 Å². The van der Waals surface area contributed by atoms with Crippen molar-refractivity contribution >= 4 is 11.6 Å². The molecule has 2 heteroatoms. The van der Waals surface area contributed by atoms with Gasteiger partial charge in [0.15, 0.2) is 0 Å². The SMILES string of the molecule is Cc1cccc(-c2ccc[c]c2Cl)n1. The zero-order chi connectivity index (χ0) is 9.97. The number of aryl methyl sites for hydroxylation is 1. The van der Waals surface area contributed by atoms with E-state index < -0.39 is 0 Å². The third kappa shape index (κ3) is 1.78. The van der Waals surface area contributed by atoms with E-state index in [0.717, 1.165) is 17.0 Å². The van der Waals surface area contributed by atoms with Crippen LogP contribution in [0.25, 0.3) is 11.3 Å². The topological polar surface area (TPSA) is 12.9 Å². The van der Waals surface area contributed by atoms with Crippen molar-refractivity contribution in [1.82, 2.24) is 4.98 Å². The molecule has 69 valence electrons. The van der Waals surface area contributed by atoms with Crippen molar-refractivity contribution < 1.29 is 0 Å². The van der Waals surface area contributed by atoms with Gasteiger partial charge in [0.05, 0.1) is 10.7 Å². The summed E-state index contributed by atoms with van der Waals surface area (Å²) >= 11 is 6.02. The predicted octanol–water partition coefficient (Wildman–Crippen LogP) is 3.51. The highest BCUT2D eigenvalue weighted by atomic mass is 35.5. The number of pyridine rings is 1. The first-order valence-corrected chi connectivity index (χ1v) is 4.75. The third-order valence-corrected chi connectivity index (χ3v) is 2.28. The molecule has 0 aliphatic heterocycles. The molecule has 1 aromatic carbocycles. The maximum atomic E-state index is 6.02. The van der Waals surface area contributed by atoms with Gasteiger partial charge in [0.2, 0.25) is 0 Å². The summed E-state index contributed by atoms with van der Waals surface area (Å²) in [5.74, 6) is 0. The lowest BCUT2D eigenvalue weighted by Crippen LogP contribution is -1.86. The fourth-order valence-corrected chi connectivity index (χ4v) is 1.53. The molecule has 0 fully saturated rings. The molecule has 14 heavy (non-hydrogen) atoms. The molecule has 1 nitrogen and oxygen atoms in total. The molecular formula is C12H9ClN. The third-order valence-electron chi connectivity index (χ3n) is 1.97. The van der Waals surface area contributed by atoms with Crippen LogP contribution >= 0.6 is 11.6 Å². The van der Waals surface area contributed by atoms with Gasteiger partial charge >= 0.3 is 0 Å². The van der Waals surface area contributed by atoms with Gasteiger partial charge in [-0.05, 0) is 19.1 Å². The second kappa shape index (κ2) is 3.81. The van der Waals surface area contributed by atoms with Crippen molar-refractivity contribution in [3.05, 3.63) is 53.2 Å². The van der Waals surface area contributed by atoms with Crippen LogP contribution < -0.4 is 0 Å². The van der Waals surface area contributed by atoms with Gasteiger partial charge in [0, 0.05) is 17.3 Å². The Kier molecular flexibility index (Phi) is 2.51. The summed E-state index contributed by atoms with van der Waals surface area (Å²) in [6.45, 7) is 1.96. The maximum Gasteiger partial charge on any atom is 0.0720 e. The van der Waals surface area contributed by atoms with Crippen molar-refractivity contribution in [3.8, 4) is 11.3 Å². The molecule has 0 saturated heterocycles. The van der Waals surface area contributed by atoms with Gasteiger partial charge in [-0.2, -0.15) is 0 Å². The lowest BCUT2D eigenvalue weighted by atomic mass is 10.1. The summed E-state index contributed by atoms with van der Waals surface area (Å²) in [6, 6.07) is 14.5. The molecule has 2 aromatic rings. The summed E-state index contributed by atoms with van der Waals surface area (Å²) in [5, 5.41) is 0.616.